The van der Waals surface area contributed by atoms with Crippen LogP contribution in [0.2, 0.25) is 10.0 Å². The van der Waals surface area contributed by atoms with Gasteiger partial charge in [-0.3, -0.25) is 5.32 Å². The maximum atomic E-state index is 12.3. The van der Waals surface area contributed by atoms with Gasteiger partial charge in [0.1, 0.15) is 9.92 Å². The predicted molar refractivity (Wildman–Crippen MR) is 105 cm³/mol. The number of thioether (sulfide) groups is 1. The standard InChI is InChI=1S/C15H16Cl2N4O4S2/c1-9-7-13(26-6-5-25-2)19-14(18-9)20-15(22)21-27(23,24)12-8-10(16)3-4-11(12)17/h3-4,7-8H,5-6H2,1-2H3,(H2,18,19,20,21,22). The van der Waals surface area contributed by atoms with Crippen molar-refractivity contribution in [3.8, 4) is 0 Å². The number of amides is 2. The lowest BCUT2D eigenvalue weighted by Gasteiger charge is -2.10. The zero-order chi connectivity index (χ0) is 20.0. The summed E-state index contributed by atoms with van der Waals surface area (Å²) in [6, 6.07) is 4.62. The fraction of sp³-hybridized carbons (Fsp3) is 0.267. The first-order chi connectivity index (χ1) is 12.7. The lowest BCUT2D eigenvalue weighted by atomic mass is 10.4. The summed E-state index contributed by atoms with van der Waals surface area (Å²) in [5, 5.41) is 3.02. The molecule has 12 heteroatoms. The van der Waals surface area contributed by atoms with Crippen LogP contribution in [0.1, 0.15) is 5.69 Å². The van der Waals surface area contributed by atoms with E-state index in [2.05, 4.69) is 15.3 Å². The molecule has 0 aliphatic rings. The molecule has 0 bridgehead atoms. The molecule has 0 spiro atoms. The predicted octanol–water partition coefficient (Wildman–Crippen LogP) is 3.34. The van der Waals surface area contributed by atoms with Crippen LogP contribution in [0.15, 0.2) is 34.2 Å². The largest absolute Gasteiger partial charge is 0.384 e. The minimum atomic E-state index is -4.23. The molecular weight excluding hydrogens is 435 g/mol. The van der Waals surface area contributed by atoms with Crippen molar-refractivity contribution in [1.29, 1.82) is 0 Å². The second-order valence-electron chi connectivity index (χ2n) is 5.15. The average molecular weight is 451 g/mol. The van der Waals surface area contributed by atoms with Crippen molar-refractivity contribution < 1.29 is 17.9 Å². The molecule has 2 aromatic rings. The Balaban J connectivity index is 2.12. The minimum Gasteiger partial charge on any atom is -0.384 e. The van der Waals surface area contributed by atoms with E-state index in [0.29, 0.717) is 23.1 Å². The number of halogens is 2. The van der Waals surface area contributed by atoms with Gasteiger partial charge in [-0.1, -0.05) is 23.2 Å². The number of carbonyl (C=O) groups is 1. The average Bonchev–Trinajstić information content (AvgIpc) is 2.56. The van der Waals surface area contributed by atoms with Gasteiger partial charge in [0, 0.05) is 23.6 Å². The van der Waals surface area contributed by atoms with Crippen molar-refractivity contribution >= 4 is 57.0 Å². The molecule has 8 nitrogen and oxygen atoms in total. The number of carbonyl (C=O) groups excluding carboxylic acids is 1. The number of nitrogens with one attached hydrogen (secondary N) is 2. The van der Waals surface area contributed by atoms with Crippen molar-refractivity contribution in [2.45, 2.75) is 16.8 Å². The van der Waals surface area contributed by atoms with Crippen molar-refractivity contribution in [3.63, 3.8) is 0 Å². The summed E-state index contributed by atoms with van der Waals surface area (Å²) in [6.07, 6.45) is 0. The summed E-state index contributed by atoms with van der Waals surface area (Å²) in [7, 11) is -2.63. The highest BCUT2D eigenvalue weighted by atomic mass is 35.5. The number of sulfonamides is 1. The number of hydrogen-bond acceptors (Lipinski definition) is 7. The molecule has 0 saturated heterocycles. The van der Waals surface area contributed by atoms with Gasteiger partial charge in [0.25, 0.3) is 10.0 Å². The normalized spacial score (nSPS) is 11.3. The molecule has 0 aliphatic carbocycles. The van der Waals surface area contributed by atoms with E-state index in [0.717, 1.165) is 6.07 Å². The van der Waals surface area contributed by atoms with Gasteiger partial charge < -0.3 is 4.74 Å². The highest BCUT2D eigenvalue weighted by molar-refractivity contribution is 7.99. The second kappa shape index (κ2) is 9.56. The monoisotopic (exact) mass is 450 g/mol. The van der Waals surface area contributed by atoms with Gasteiger partial charge in [0.2, 0.25) is 5.95 Å². The second-order valence-corrected chi connectivity index (χ2v) is 8.76. The number of anilines is 1. The van der Waals surface area contributed by atoms with E-state index in [1.165, 1.54) is 23.9 Å². The molecule has 1 aromatic carbocycles. The maximum absolute atomic E-state index is 12.3. The summed E-state index contributed by atoms with van der Waals surface area (Å²) >= 11 is 13.1. The molecule has 0 aliphatic heterocycles. The molecule has 0 atom stereocenters. The quantitative estimate of drug-likeness (QED) is 0.377. The van der Waals surface area contributed by atoms with Crippen LogP contribution in [0, 0.1) is 6.92 Å². The van der Waals surface area contributed by atoms with Crippen LogP contribution in [-0.4, -0.2) is 43.9 Å². The Morgan fingerprint density at radius 3 is 2.70 bits per heavy atom. The van der Waals surface area contributed by atoms with Crippen LogP contribution in [0.25, 0.3) is 0 Å². The molecule has 0 radical (unpaired) electrons. The molecule has 1 heterocycles. The molecule has 2 rings (SSSR count). The van der Waals surface area contributed by atoms with Gasteiger partial charge in [-0.25, -0.2) is 27.9 Å². The fourth-order valence-electron chi connectivity index (χ4n) is 1.89. The molecule has 0 saturated carbocycles. The van der Waals surface area contributed by atoms with E-state index >= 15 is 0 Å². The molecule has 2 N–H and O–H groups in total. The van der Waals surface area contributed by atoms with E-state index in [4.69, 9.17) is 27.9 Å². The van der Waals surface area contributed by atoms with Crippen LogP contribution >= 0.6 is 35.0 Å². The van der Waals surface area contributed by atoms with Gasteiger partial charge in [-0.15, -0.1) is 11.8 Å². The summed E-state index contributed by atoms with van der Waals surface area (Å²) < 4.78 is 31.5. The number of ether oxygens (including phenoxy) is 1. The van der Waals surface area contributed by atoms with Gasteiger partial charge in [-0.2, -0.15) is 0 Å². The maximum Gasteiger partial charge on any atom is 0.335 e. The number of aryl methyl sites for hydroxylation is 1. The summed E-state index contributed by atoms with van der Waals surface area (Å²) in [5.41, 5.74) is 0.612. The third-order valence-corrected chi connectivity index (χ3v) is 5.93. The zero-order valence-electron chi connectivity index (χ0n) is 14.3. The Morgan fingerprint density at radius 2 is 2.00 bits per heavy atom. The summed E-state index contributed by atoms with van der Waals surface area (Å²) in [4.78, 5) is 20.0. The number of methoxy groups -OCH3 is 1. The van der Waals surface area contributed by atoms with Crippen LogP contribution < -0.4 is 10.0 Å². The number of rotatable bonds is 7. The molecule has 27 heavy (non-hydrogen) atoms. The topological polar surface area (TPSA) is 110 Å². The molecular formula is C15H16Cl2N4O4S2. The van der Waals surface area contributed by atoms with Gasteiger partial charge >= 0.3 is 6.03 Å². The van der Waals surface area contributed by atoms with E-state index < -0.39 is 16.1 Å². The van der Waals surface area contributed by atoms with Gasteiger partial charge in [0.15, 0.2) is 0 Å². The van der Waals surface area contributed by atoms with Crippen molar-refractivity contribution in [2.75, 3.05) is 24.8 Å². The Labute approximate surface area is 171 Å². The lowest BCUT2D eigenvalue weighted by Crippen LogP contribution is -2.35. The van der Waals surface area contributed by atoms with Crippen LogP contribution in [-0.2, 0) is 14.8 Å². The van der Waals surface area contributed by atoms with E-state index in [1.54, 1.807) is 20.1 Å². The first kappa shape index (κ1) is 21.7. The fourth-order valence-corrected chi connectivity index (χ4v) is 4.42. The molecule has 0 fully saturated rings. The number of aromatic nitrogens is 2. The molecule has 146 valence electrons. The lowest BCUT2D eigenvalue weighted by molar-refractivity contribution is 0.218. The van der Waals surface area contributed by atoms with Crippen LogP contribution in [0.5, 0.6) is 0 Å². The van der Waals surface area contributed by atoms with E-state index in [1.807, 2.05) is 4.72 Å². The SMILES string of the molecule is COCCSc1cc(C)nc(NC(=O)NS(=O)(=O)c2cc(Cl)ccc2Cl)n1. The van der Waals surface area contributed by atoms with Gasteiger partial charge in [0.05, 0.1) is 11.6 Å². The highest BCUT2D eigenvalue weighted by Gasteiger charge is 2.22. The molecule has 0 unspecified atom stereocenters. The number of urea groups is 1. The third-order valence-electron chi connectivity index (χ3n) is 3.00. The Hall–Kier alpha value is -1.59. The first-order valence-electron chi connectivity index (χ1n) is 7.47. The van der Waals surface area contributed by atoms with Crippen molar-refractivity contribution in [3.05, 3.63) is 40.0 Å². The van der Waals surface area contributed by atoms with Crippen molar-refractivity contribution in [2.24, 2.45) is 0 Å². The zero-order valence-corrected chi connectivity index (χ0v) is 17.5. The number of benzene rings is 1. The number of nitrogens with zero attached hydrogens (tertiary/aromatic N) is 2. The van der Waals surface area contributed by atoms with Crippen LogP contribution in [0.4, 0.5) is 10.7 Å². The molecule has 2 amide bonds. The third kappa shape index (κ3) is 6.51. The smallest absolute Gasteiger partial charge is 0.335 e. The Kier molecular flexibility index (Phi) is 7.68. The summed E-state index contributed by atoms with van der Waals surface area (Å²) in [5.74, 6) is 0.639. The number of hydrogen-bond donors (Lipinski definition) is 2. The summed E-state index contributed by atoms with van der Waals surface area (Å²) in [6.45, 7) is 2.27. The minimum absolute atomic E-state index is 0.0280. The van der Waals surface area contributed by atoms with Crippen LogP contribution in [0.3, 0.4) is 0 Å². The van der Waals surface area contributed by atoms with Gasteiger partial charge in [-0.05, 0) is 31.2 Å². The Morgan fingerprint density at radius 1 is 1.26 bits per heavy atom. The Bertz CT molecular complexity index is 941. The molecule has 1 aromatic heterocycles. The highest BCUT2D eigenvalue weighted by Crippen LogP contribution is 2.25. The first-order valence-corrected chi connectivity index (χ1v) is 10.7. The van der Waals surface area contributed by atoms with E-state index in [-0.39, 0.29) is 20.9 Å². The van der Waals surface area contributed by atoms with E-state index in [9.17, 15) is 13.2 Å². The van der Waals surface area contributed by atoms with Crippen molar-refractivity contribution in [1.82, 2.24) is 14.7 Å².